The molecule has 0 N–H and O–H groups in total. The average molecular weight is 264 g/mol. The first kappa shape index (κ1) is 12.6. The summed E-state index contributed by atoms with van der Waals surface area (Å²) < 4.78 is 0. The van der Waals surface area contributed by atoms with Gasteiger partial charge in [-0.25, -0.2) is 0 Å². The van der Waals surface area contributed by atoms with E-state index in [9.17, 15) is 0 Å². The zero-order valence-corrected chi connectivity index (χ0v) is 13.2. The lowest BCUT2D eigenvalue weighted by Gasteiger charge is -2.12. The number of hydrogen-bond acceptors (Lipinski definition) is 0. The number of benzene rings is 1. The van der Waals surface area contributed by atoms with E-state index in [0.29, 0.717) is 0 Å². The lowest BCUT2D eigenvalue weighted by atomic mass is 9.93. The molecular formula is C18H20Si. The predicted molar refractivity (Wildman–Crippen MR) is 86.0 cm³/mol. The molecule has 0 aliphatic heterocycles. The maximum Gasteiger partial charge on any atom is 0.0132 e. The molecule has 0 saturated carbocycles. The molecule has 2 aliphatic rings. The van der Waals surface area contributed by atoms with E-state index in [1.54, 1.807) is 4.81 Å². The molecule has 0 bridgehead atoms. The van der Waals surface area contributed by atoms with Crippen molar-refractivity contribution in [1.82, 2.24) is 0 Å². The molecule has 0 nitrogen and oxygen atoms in total. The van der Waals surface area contributed by atoms with E-state index in [0.717, 1.165) is 6.42 Å². The van der Waals surface area contributed by atoms with Crippen molar-refractivity contribution >= 4 is 20.1 Å². The van der Waals surface area contributed by atoms with Crippen LogP contribution in [0.4, 0.5) is 0 Å². The molecule has 0 fully saturated rings. The minimum Gasteiger partial charge on any atom is -0.0801 e. The van der Waals surface area contributed by atoms with E-state index in [4.69, 9.17) is 0 Å². The third kappa shape index (κ3) is 1.93. The highest BCUT2D eigenvalue weighted by Gasteiger charge is 2.19. The van der Waals surface area contributed by atoms with Gasteiger partial charge in [-0.05, 0) is 58.1 Å². The van der Waals surface area contributed by atoms with Crippen LogP contribution in [0.15, 0.2) is 41.5 Å². The molecule has 0 atom stereocenters. The first-order valence-electron chi connectivity index (χ1n) is 6.96. The third-order valence-electron chi connectivity index (χ3n) is 4.14. The summed E-state index contributed by atoms with van der Waals surface area (Å²) >= 11 is 0. The van der Waals surface area contributed by atoms with Crippen LogP contribution in [0.2, 0.25) is 13.1 Å². The molecule has 2 aliphatic carbocycles. The van der Waals surface area contributed by atoms with Gasteiger partial charge in [0.05, 0.1) is 0 Å². The normalized spacial score (nSPS) is 16.5. The van der Waals surface area contributed by atoms with Crippen LogP contribution < -0.4 is 5.22 Å². The maximum atomic E-state index is 2.38. The van der Waals surface area contributed by atoms with Crippen molar-refractivity contribution < 1.29 is 0 Å². The van der Waals surface area contributed by atoms with Crippen LogP contribution in [-0.2, 0) is 0 Å². The van der Waals surface area contributed by atoms with Gasteiger partial charge in [-0.1, -0.05) is 49.5 Å². The molecule has 0 amide bonds. The van der Waals surface area contributed by atoms with E-state index in [-0.39, 0.29) is 0 Å². The zero-order valence-electron chi connectivity index (χ0n) is 12.2. The SMILES string of the molecule is CC1=C(C2=CC=CC2)c2c(C)c(=[Si](C)C)ccc2=C1. The summed E-state index contributed by atoms with van der Waals surface area (Å²) in [6, 6.07) is 4.66. The maximum absolute atomic E-state index is 2.38. The van der Waals surface area contributed by atoms with Crippen LogP contribution >= 0.6 is 0 Å². The summed E-state index contributed by atoms with van der Waals surface area (Å²) in [6.45, 7) is 9.31. The van der Waals surface area contributed by atoms with Gasteiger partial charge in [-0.3, -0.25) is 0 Å². The van der Waals surface area contributed by atoms with Crippen LogP contribution in [-0.4, -0.2) is 8.41 Å². The van der Waals surface area contributed by atoms with Crippen LogP contribution in [0.25, 0.3) is 11.6 Å². The van der Waals surface area contributed by atoms with Crippen molar-refractivity contribution in [2.45, 2.75) is 33.4 Å². The largest absolute Gasteiger partial charge is 0.0801 e. The average Bonchev–Trinajstić information content (AvgIpc) is 2.95. The summed E-state index contributed by atoms with van der Waals surface area (Å²) in [5, 5.41) is 1.41. The fourth-order valence-electron chi connectivity index (χ4n) is 3.28. The second kappa shape index (κ2) is 4.57. The Morgan fingerprint density at radius 1 is 1.11 bits per heavy atom. The molecular weight excluding hydrogens is 244 g/mol. The van der Waals surface area contributed by atoms with Gasteiger partial charge in [0, 0.05) is 8.41 Å². The lowest BCUT2D eigenvalue weighted by molar-refractivity contribution is 1.30. The minimum absolute atomic E-state index is 0.398. The molecule has 0 heterocycles. The second-order valence-electron chi connectivity index (χ2n) is 5.73. The van der Waals surface area contributed by atoms with E-state index in [2.05, 4.69) is 63.4 Å². The van der Waals surface area contributed by atoms with E-state index < -0.39 is 8.41 Å². The standard InChI is InChI=1S/C18H20Si/c1-12-11-15-9-10-16(19(3)4)13(2)18(15)17(12)14-7-5-6-8-14/h5-7,9-11H,8H2,1-4H3. The fourth-order valence-corrected chi connectivity index (χ4v) is 4.57. The molecule has 96 valence electrons. The quantitative estimate of drug-likeness (QED) is 0.672. The molecule has 3 rings (SSSR count). The molecule has 0 radical (unpaired) electrons. The Hall–Kier alpha value is -1.47. The number of fused-ring (bicyclic) bond motifs is 1. The van der Waals surface area contributed by atoms with Gasteiger partial charge in [0.1, 0.15) is 0 Å². The summed E-state index contributed by atoms with van der Waals surface area (Å²) in [4.78, 5) is 1.58. The Morgan fingerprint density at radius 2 is 1.89 bits per heavy atom. The minimum atomic E-state index is -0.398. The summed E-state index contributed by atoms with van der Waals surface area (Å²) in [5.74, 6) is 0. The van der Waals surface area contributed by atoms with Crippen molar-refractivity contribution in [3.05, 3.63) is 62.7 Å². The Morgan fingerprint density at radius 3 is 2.53 bits per heavy atom. The molecule has 1 aromatic rings. The highest BCUT2D eigenvalue weighted by molar-refractivity contribution is 6.47. The van der Waals surface area contributed by atoms with Gasteiger partial charge in [0.15, 0.2) is 0 Å². The van der Waals surface area contributed by atoms with Crippen molar-refractivity contribution in [3.8, 4) is 0 Å². The Bertz CT molecular complexity index is 767. The first-order valence-corrected chi connectivity index (χ1v) is 9.46. The van der Waals surface area contributed by atoms with Crippen molar-refractivity contribution in [3.63, 3.8) is 0 Å². The highest BCUT2D eigenvalue weighted by atomic mass is 28.2. The topological polar surface area (TPSA) is 0 Å². The Labute approximate surface area is 116 Å². The Balaban J connectivity index is 2.30. The monoisotopic (exact) mass is 264 g/mol. The van der Waals surface area contributed by atoms with Crippen molar-refractivity contribution in [2.24, 2.45) is 0 Å². The molecule has 0 unspecified atom stereocenters. The third-order valence-corrected chi connectivity index (χ3v) is 5.76. The van der Waals surface area contributed by atoms with Crippen molar-refractivity contribution in [2.75, 3.05) is 0 Å². The van der Waals surface area contributed by atoms with Crippen molar-refractivity contribution in [1.29, 1.82) is 0 Å². The summed E-state index contributed by atoms with van der Waals surface area (Å²) in [7, 11) is -0.398. The smallest absolute Gasteiger partial charge is 0.0132 e. The highest BCUT2D eigenvalue weighted by Crippen LogP contribution is 2.35. The van der Waals surface area contributed by atoms with E-state index in [1.807, 2.05) is 0 Å². The predicted octanol–water partition coefficient (Wildman–Crippen LogP) is 4.04. The van der Waals surface area contributed by atoms with E-state index >= 15 is 0 Å². The molecule has 1 heteroatoms. The van der Waals surface area contributed by atoms with Crippen LogP contribution in [0.3, 0.4) is 0 Å². The second-order valence-corrected chi connectivity index (χ2v) is 8.27. The van der Waals surface area contributed by atoms with E-state index in [1.165, 1.54) is 33.1 Å². The fraction of sp³-hybridized carbons (Fsp3) is 0.278. The number of rotatable bonds is 1. The van der Waals surface area contributed by atoms with Crippen LogP contribution in [0, 0.1) is 11.7 Å². The molecule has 1 aromatic carbocycles. The Kier molecular flexibility index (Phi) is 3.02. The number of hydrogen-bond donors (Lipinski definition) is 0. The summed E-state index contributed by atoms with van der Waals surface area (Å²) in [5.41, 5.74) is 7.39. The van der Waals surface area contributed by atoms with Gasteiger partial charge in [0.25, 0.3) is 0 Å². The molecule has 0 spiro atoms. The summed E-state index contributed by atoms with van der Waals surface area (Å²) in [6.07, 6.45) is 10.1. The molecule has 19 heavy (non-hydrogen) atoms. The molecule has 0 aromatic heterocycles. The van der Waals surface area contributed by atoms with Crippen LogP contribution in [0.1, 0.15) is 24.5 Å². The first-order chi connectivity index (χ1) is 9.09. The van der Waals surface area contributed by atoms with Crippen LogP contribution in [0.5, 0.6) is 0 Å². The van der Waals surface area contributed by atoms with Gasteiger partial charge < -0.3 is 0 Å². The number of allylic oxidation sites excluding steroid dienone is 6. The zero-order chi connectivity index (χ0) is 13.6. The lowest BCUT2D eigenvalue weighted by Crippen LogP contribution is -2.09. The van der Waals surface area contributed by atoms with Gasteiger partial charge in [0.2, 0.25) is 0 Å². The van der Waals surface area contributed by atoms with Gasteiger partial charge >= 0.3 is 0 Å². The van der Waals surface area contributed by atoms with Gasteiger partial charge in [-0.15, -0.1) is 0 Å². The molecule has 0 saturated heterocycles. The van der Waals surface area contributed by atoms with Gasteiger partial charge in [-0.2, -0.15) is 0 Å².